The molecule has 0 aliphatic carbocycles. The molecule has 0 fully saturated rings. The summed E-state index contributed by atoms with van der Waals surface area (Å²) in [6, 6.07) is 9.52. The van der Waals surface area contributed by atoms with Gasteiger partial charge in [0.25, 0.3) is 16.4 Å². The first kappa shape index (κ1) is 21.0. The van der Waals surface area contributed by atoms with Gasteiger partial charge in [0.05, 0.1) is 12.1 Å². The second-order valence-electron chi connectivity index (χ2n) is 5.50. The van der Waals surface area contributed by atoms with Gasteiger partial charge >= 0.3 is 5.30 Å². The molecule has 11 heteroatoms. The average Bonchev–Trinajstić information content (AvgIpc) is 2.65. The summed E-state index contributed by atoms with van der Waals surface area (Å²) in [6.07, 6.45) is -0.145. The lowest BCUT2D eigenvalue weighted by Crippen LogP contribution is -2.39. The summed E-state index contributed by atoms with van der Waals surface area (Å²) in [5.41, 5.74) is 0.399. The molecule has 0 saturated heterocycles. The minimum atomic E-state index is -4.47. The van der Waals surface area contributed by atoms with Crippen LogP contribution in [0.4, 0.5) is 19.4 Å². The van der Waals surface area contributed by atoms with E-state index in [-0.39, 0.29) is 27.6 Å². The number of fused-ring (bicyclic) bond motifs is 1. The topological polar surface area (TPSA) is 76.6 Å². The Hall–Kier alpha value is -1.73. The van der Waals surface area contributed by atoms with E-state index in [1.54, 1.807) is 18.2 Å². The minimum Gasteiger partial charge on any atom is -0.416 e. The van der Waals surface area contributed by atoms with E-state index in [1.165, 1.54) is 30.7 Å². The molecule has 1 aromatic heterocycles. The zero-order valence-corrected chi connectivity index (χ0v) is 18.1. The van der Waals surface area contributed by atoms with E-state index in [9.17, 15) is 22.0 Å². The van der Waals surface area contributed by atoms with Gasteiger partial charge in [-0.05, 0) is 58.8 Å². The summed E-state index contributed by atoms with van der Waals surface area (Å²) in [5, 5.41) is -0.731. The number of anilines is 1. The van der Waals surface area contributed by atoms with Gasteiger partial charge in [0, 0.05) is 15.3 Å². The van der Waals surface area contributed by atoms with Crippen molar-refractivity contribution in [2.45, 2.75) is 6.43 Å². The number of hydrogen-bond acceptors (Lipinski definition) is 6. The summed E-state index contributed by atoms with van der Waals surface area (Å²) < 4.78 is 59.5. The molecule has 6 nitrogen and oxygen atoms in total. The molecule has 0 unspecified atom stereocenters. The van der Waals surface area contributed by atoms with Crippen LogP contribution in [-0.2, 0) is 14.8 Å². The first-order chi connectivity index (χ1) is 13.3. The van der Waals surface area contributed by atoms with Crippen molar-refractivity contribution < 1.29 is 26.7 Å². The van der Waals surface area contributed by atoms with Crippen LogP contribution in [0.2, 0.25) is 0 Å². The highest BCUT2D eigenvalue weighted by molar-refractivity contribution is 14.1. The lowest BCUT2D eigenvalue weighted by atomic mass is 10.1. The summed E-state index contributed by atoms with van der Waals surface area (Å²) in [7, 11) is -4.47. The number of pyridine rings is 1. The van der Waals surface area contributed by atoms with Crippen LogP contribution >= 0.6 is 34.4 Å². The van der Waals surface area contributed by atoms with Crippen LogP contribution in [0.3, 0.4) is 0 Å². The van der Waals surface area contributed by atoms with E-state index < -0.39 is 28.3 Å². The molecule has 0 N–H and O–H groups in total. The first-order valence-electron chi connectivity index (χ1n) is 7.78. The average molecular weight is 538 g/mol. The van der Waals surface area contributed by atoms with Crippen LogP contribution < -0.4 is 4.31 Å². The van der Waals surface area contributed by atoms with Crippen LogP contribution in [-0.4, -0.2) is 37.9 Å². The van der Waals surface area contributed by atoms with Crippen molar-refractivity contribution in [3.63, 3.8) is 0 Å². The molecule has 148 valence electrons. The molecule has 0 saturated carbocycles. The predicted molar refractivity (Wildman–Crippen MR) is 112 cm³/mol. The lowest BCUT2D eigenvalue weighted by molar-refractivity contribution is 0.159. The fraction of sp³-hybridized carbons (Fsp3) is 0.176. The molecular formula is C17H13F2IN2O4S2. The second kappa shape index (κ2) is 8.33. The molecule has 3 rings (SSSR count). The number of aromatic nitrogens is 1. The number of carbonyl (C=O) groups excluding carboxylic acids is 1. The van der Waals surface area contributed by atoms with Crippen molar-refractivity contribution in [2.24, 2.45) is 0 Å². The van der Waals surface area contributed by atoms with Crippen molar-refractivity contribution in [1.82, 2.24) is 4.98 Å². The molecule has 0 amide bonds. The lowest BCUT2D eigenvalue weighted by Gasteiger charge is -2.32. The molecule has 0 radical (unpaired) electrons. The van der Waals surface area contributed by atoms with Gasteiger partial charge in [0.2, 0.25) is 0 Å². The van der Waals surface area contributed by atoms with Crippen LogP contribution in [0.5, 0.6) is 0 Å². The molecular weight excluding hydrogens is 525 g/mol. The number of sulfonamides is 1. The molecule has 0 spiro atoms. The Morgan fingerprint density at radius 3 is 2.57 bits per heavy atom. The number of halogens is 3. The minimum absolute atomic E-state index is 0.148. The quantitative estimate of drug-likeness (QED) is 0.424. The third-order valence-corrected chi connectivity index (χ3v) is 6.98. The Labute approximate surface area is 178 Å². The van der Waals surface area contributed by atoms with Crippen LogP contribution in [0.1, 0.15) is 11.1 Å². The van der Waals surface area contributed by atoms with Gasteiger partial charge < -0.3 is 4.74 Å². The van der Waals surface area contributed by atoms with E-state index in [0.29, 0.717) is 7.88 Å². The normalized spacial score (nSPS) is 15.5. The van der Waals surface area contributed by atoms with Crippen LogP contribution in [0.25, 0.3) is 10.7 Å². The molecule has 2 heterocycles. The summed E-state index contributed by atoms with van der Waals surface area (Å²) in [5.74, 6) is -0.432. The number of thioether (sulfide) groups is 1. The molecule has 0 bridgehead atoms. The van der Waals surface area contributed by atoms with Gasteiger partial charge in [-0.1, -0.05) is 18.2 Å². The molecule has 1 aliphatic rings. The van der Waals surface area contributed by atoms with E-state index >= 15 is 0 Å². The summed E-state index contributed by atoms with van der Waals surface area (Å²) in [6.45, 7) is -1.07. The Morgan fingerprint density at radius 2 is 1.93 bits per heavy atom. The number of nitrogens with zero attached hydrogens (tertiary/aromatic N) is 2. The zero-order valence-electron chi connectivity index (χ0n) is 14.3. The number of alkyl halides is 2. The van der Waals surface area contributed by atoms with Crippen molar-refractivity contribution in [3.05, 3.63) is 57.3 Å². The summed E-state index contributed by atoms with van der Waals surface area (Å²) in [4.78, 5) is 15.6. The number of hydrogen-bond donors (Lipinski definition) is 0. The van der Waals surface area contributed by atoms with E-state index in [0.717, 1.165) is 11.8 Å². The summed E-state index contributed by atoms with van der Waals surface area (Å²) >= 11 is 2.70. The highest BCUT2D eigenvalue weighted by Crippen LogP contribution is 2.44. The van der Waals surface area contributed by atoms with Crippen LogP contribution in [0.15, 0.2) is 42.6 Å². The molecule has 1 aromatic carbocycles. The highest BCUT2D eigenvalue weighted by Gasteiger charge is 2.42. The SMILES string of the molecule is CSC(=O)OC1=C(c2ccccc2I)S(=O)(=O)N(CC(F)F)c2ncccc21. The van der Waals surface area contributed by atoms with Gasteiger partial charge in [-0.15, -0.1) is 0 Å². The fourth-order valence-corrected chi connectivity index (χ4v) is 5.43. The Morgan fingerprint density at radius 1 is 1.25 bits per heavy atom. The van der Waals surface area contributed by atoms with Crippen molar-refractivity contribution in [3.8, 4) is 0 Å². The van der Waals surface area contributed by atoms with Gasteiger partial charge in [-0.2, -0.15) is 0 Å². The van der Waals surface area contributed by atoms with Gasteiger partial charge in [-0.25, -0.2) is 31.3 Å². The third-order valence-electron chi connectivity index (χ3n) is 3.80. The number of ether oxygens (including phenoxy) is 1. The Balaban J connectivity index is 2.39. The van der Waals surface area contributed by atoms with Gasteiger partial charge in [-0.3, -0.25) is 0 Å². The zero-order chi connectivity index (χ0) is 20.5. The molecule has 0 atom stereocenters. The fourth-order valence-electron chi connectivity index (χ4n) is 2.68. The maximum atomic E-state index is 13.3. The van der Waals surface area contributed by atoms with Crippen molar-refractivity contribution in [1.29, 1.82) is 0 Å². The van der Waals surface area contributed by atoms with Crippen molar-refractivity contribution >= 4 is 66.2 Å². The largest absolute Gasteiger partial charge is 0.416 e. The smallest absolute Gasteiger partial charge is 0.372 e. The molecule has 28 heavy (non-hydrogen) atoms. The second-order valence-corrected chi connectivity index (χ2v) is 9.20. The standard InChI is InChI=1S/C17H13F2IN2O4S2/c1-27-17(23)26-14-11-6-4-8-21-16(11)22(9-13(18)19)28(24,25)15(14)10-5-2-3-7-12(10)20/h2-8,13H,9H2,1H3. The Kier molecular flexibility index (Phi) is 6.25. The van der Waals surface area contributed by atoms with Gasteiger partial charge in [0.15, 0.2) is 11.6 Å². The molecule has 1 aliphatic heterocycles. The van der Waals surface area contributed by atoms with E-state index in [1.807, 2.05) is 22.6 Å². The first-order valence-corrected chi connectivity index (χ1v) is 11.5. The monoisotopic (exact) mass is 538 g/mol. The third kappa shape index (κ3) is 3.87. The van der Waals surface area contributed by atoms with Crippen LogP contribution in [0, 0.1) is 3.57 Å². The van der Waals surface area contributed by atoms with Gasteiger partial charge in [0.1, 0.15) is 4.91 Å². The van der Waals surface area contributed by atoms with E-state index in [2.05, 4.69) is 4.98 Å². The molecule has 2 aromatic rings. The van der Waals surface area contributed by atoms with Crippen molar-refractivity contribution in [2.75, 3.05) is 17.1 Å². The highest BCUT2D eigenvalue weighted by atomic mass is 127. The predicted octanol–water partition coefficient (Wildman–Crippen LogP) is 4.43. The number of rotatable bonds is 4. The number of benzene rings is 1. The Bertz CT molecular complexity index is 1060. The maximum absolute atomic E-state index is 13.3. The number of carbonyl (C=O) groups is 1. The van der Waals surface area contributed by atoms with E-state index in [4.69, 9.17) is 4.74 Å². The maximum Gasteiger partial charge on any atom is 0.372 e.